The molecule has 0 aliphatic carbocycles. The SMILES string of the molecule is Cc1ccc(F)c(OC(C)CCCNCC(C)C)c1. The van der Waals surface area contributed by atoms with Gasteiger partial charge in [-0.25, -0.2) is 4.39 Å². The van der Waals surface area contributed by atoms with E-state index in [0.29, 0.717) is 11.7 Å². The molecule has 0 aliphatic heterocycles. The fraction of sp³-hybridized carbons (Fsp3) is 0.625. The van der Waals surface area contributed by atoms with Crippen molar-refractivity contribution in [3.8, 4) is 5.75 Å². The molecule has 0 fully saturated rings. The predicted molar refractivity (Wildman–Crippen MR) is 78.2 cm³/mol. The molecular weight excluding hydrogens is 241 g/mol. The van der Waals surface area contributed by atoms with Crippen molar-refractivity contribution in [1.29, 1.82) is 0 Å². The van der Waals surface area contributed by atoms with E-state index in [0.717, 1.165) is 31.5 Å². The second kappa shape index (κ2) is 8.16. The molecule has 1 aromatic carbocycles. The van der Waals surface area contributed by atoms with Gasteiger partial charge in [-0.3, -0.25) is 0 Å². The largest absolute Gasteiger partial charge is 0.488 e. The van der Waals surface area contributed by atoms with Gasteiger partial charge in [0.2, 0.25) is 0 Å². The Labute approximate surface area is 116 Å². The summed E-state index contributed by atoms with van der Waals surface area (Å²) in [5, 5.41) is 3.39. The molecule has 0 bridgehead atoms. The number of hydrogen-bond donors (Lipinski definition) is 1. The molecule has 0 aliphatic rings. The van der Waals surface area contributed by atoms with Crippen molar-refractivity contribution >= 4 is 0 Å². The highest BCUT2D eigenvalue weighted by atomic mass is 19.1. The predicted octanol–water partition coefficient (Wildman–Crippen LogP) is 3.93. The van der Waals surface area contributed by atoms with Crippen LogP contribution in [-0.2, 0) is 0 Å². The minimum Gasteiger partial charge on any atom is -0.488 e. The molecule has 108 valence electrons. The standard InChI is InChI=1S/C16H26FNO/c1-12(2)11-18-9-5-6-14(4)19-16-10-13(3)7-8-15(16)17/h7-8,10,12,14,18H,5-6,9,11H2,1-4H3. The third-order valence-corrected chi connectivity index (χ3v) is 2.93. The summed E-state index contributed by atoms with van der Waals surface area (Å²) in [6.07, 6.45) is 2.01. The molecule has 1 aromatic rings. The number of halogens is 1. The Bertz CT molecular complexity index is 379. The lowest BCUT2D eigenvalue weighted by Gasteiger charge is -2.16. The normalized spacial score (nSPS) is 12.7. The highest BCUT2D eigenvalue weighted by Crippen LogP contribution is 2.20. The first-order valence-electron chi connectivity index (χ1n) is 7.12. The van der Waals surface area contributed by atoms with Gasteiger partial charge in [-0.1, -0.05) is 19.9 Å². The Kier molecular flexibility index (Phi) is 6.85. The van der Waals surface area contributed by atoms with Crippen LogP contribution in [0, 0.1) is 18.7 Å². The minimum absolute atomic E-state index is 0.0390. The van der Waals surface area contributed by atoms with Crippen molar-refractivity contribution in [2.24, 2.45) is 5.92 Å². The number of aryl methyl sites for hydroxylation is 1. The zero-order chi connectivity index (χ0) is 14.3. The van der Waals surface area contributed by atoms with Gasteiger partial charge in [-0.2, -0.15) is 0 Å². The van der Waals surface area contributed by atoms with E-state index < -0.39 is 0 Å². The summed E-state index contributed by atoms with van der Waals surface area (Å²) in [6.45, 7) is 10.3. The molecule has 0 amide bonds. The highest BCUT2D eigenvalue weighted by molar-refractivity contribution is 5.29. The van der Waals surface area contributed by atoms with Crippen molar-refractivity contribution in [3.63, 3.8) is 0 Å². The first kappa shape index (κ1) is 16.0. The van der Waals surface area contributed by atoms with Crippen molar-refractivity contribution in [2.75, 3.05) is 13.1 Å². The van der Waals surface area contributed by atoms with Crippen LogP contribution in [0.4, 0.5) is 4.39 Å². The average molecular weight is 267 g/mol. The van der Waals surface area contributed by atoms with Crippen molar-refractivity contribution in [3.05, 3.63) is 29.6 Å². The number of ether oxygens (including phenoxy) is 1. The van der Waals surface area contributed by atoms with Gasteiger partial charge in [-0.05, 0) is 63.4 Å². The number of rotatable bonds is 8. The van der Waals surface area contributed by atoms with Crippen LogP contribution in [0.5, 0.6) is 5.75 Å². The Morgan fingerprint density at radius 1 is 1.26 bits per heavy atom. The summed E-state index contributed by atoms with van der Waals surface area (Å²) in [7, 11) is 0. The summed E-state index contributed by atoms with van der Waals surface area (Å²) in [6, 6.07) is 4.97. The van der Waals surface area contributed by atoms with Crippen molar-refractivity contribution in [2.45, 2.75) is 46.6 Å². The maximum atomic E-state index is 13.5. The van der Waals surface area contributed by atoms with E-state index >= 15 is 0 Å². The van der Waals surface area contributed by atoms with Crippen LogP contribution < -0.4 is 10.1 Å². The smallest absolute Gasteiger partial charge is 0.165 e. The lowest BCUT2D eigenvalue weighted by atomic mass is 10.2. The van der Waals surface area contributed by atoms with Gasteiger partial charge in [0.15, 0.2) is 11.6 Å². The van der Waals surface area contributed by atoms with Gasteiger partial charge >= 0.3 is 0 Å². The summed E-state index contributed by atoms with van der Waals surface area (Å²) in [4.78, 5) is 0. The Morgan fingerprint density at radius 2 is 2.00 bits per heavy atom. The van der Waals surface area contributed by atoms with E-state index in [4.69, 9.17) is 4.74 Å². The molecule has 0 radical (unpaired) electrons. The first-order valence-corrected chi connectivity index (χ1v) is 7.12. The van der Waals surface area contributed by atoms with E-state index in [-0.39, 0.29) is 11.9 Å². The maximum absolute atomic E-state index is 13.5. The van der Waals surface area contributed by atoms with E-state index in [1.54, 1.807) is 12.1 Å². The van der Waals surface area contributed by atoms with Crippen molar-refractivity contribution < 1.29 is 9.13 Å². The fourth-order valence-electron chi connectivity index (χ4n) is 1.88. The van der Waals surface area contributed by atoms with Crippen LogP contribution in [-0.4, -0.2) is 19.2 Å². The molecular formula is C16H26FNO. The summed E-state index contributed by atoms with van der Waals surface area (Å²) in [5.74, 6) is 0.757. The van der Waals surface area contributed by atoms with Crippen molar-refractivity contribution in [1.82, 2.24) is 5.32 Å². The Balaban J connectivity index is 2.27. The molecule has 19 heavy (non-hydrogen) atoms. The van der Waals surface area contributed by atoms with Gasteiger partial charge in [0, 0.05) is 0 Å². The number of hydrogen-bond acceptors (Lipinski definition) is 2. The minimum atomic E-state index is -0.282. The molecule has 2 nitrogen and oxygen atoms in total. The lowest BCUT2D eigenvalue weighted by molar-refractivity contribution is 0.198. The quantitative estimate of drug-likeness (QED) is 0.721. The topological polar surface area (TPSA) is 21.3 Å². The average Bonchev–Trinajstić information content (AvgIpc) is 2.33. The van der Waals surface area contributed by atoms with Crippen LogP contribution in [0.3, 0.4) is 0 Å². The summed E-state index contributed by atoms with van der Waals surface area (Å²) in [5.41, 5.74) is 1.02. The van der Waals surface area contributed by atoms with Crippen LogP contribution in [0.25, 0.3) is 0 Å². The maximum Gasteiger partial charge on any atom is 0.165 e. The molecule has 3 heteroatoms. The third-order valence-electron chi connectivity index (χ3n) is 2.93. The van der Waals surface area contributed by atoms with Crippen LogP contribution >= 0.6 is 0 Å². The van der Waals surface area contributed by atoms with E-state index in [9.17, 15) is 4.39 Å². The van der Waals surface area contributed by atoms with Crippen LogP contribution in [0.1, 0.15) is 39.2 Å². The number of nitrogens with one attached hydrogen (secondary N) is 1. The monoisotopic (exact) mass is 267 g/mol. The summed E-state index contributed by atoms with van der Waals surface area (Å²) < 4.78 is 19.2. The molecule has 1 unspecified atom stereocenters. The molecule has 0 heterocycles. The molecule has 0 saturated carbocycles. The zero-order valence-corrected chi connectivity index (χ0v) is 12.5. The lowest BCUT2D eigenvalue weighted by Crippen LogP contribution is -2.22. The second-order valence-corrected chi connectivity index (χ2v) is 5.60. The zero-order valence-electron chi connectivity index (χ0n) is 12.5. The van der Waals surface area contributed by atoms with Gasteiger partial charge in [-0.15, -0.1) is 0 Å². The van der Waals surface area contributed by atoms with E-state index in [2.05, 4.69) is 19.2 Å². The molecule has 0 spiro atoms. The van der Waals surface area contributed by atoms with Crippen LogP contribution in [0.15, 0.2) is 18.2 Å². The summed E-state index contributed by atoms with van der Waals surface area (Å²) >= 11 is 0. The highest BCUT2D eigenvalue weighted by Gasteiger charge is 2.08. The fourth-order valence-corrected chi connectivity index (χ4v) is 1.88. The second-order valence-electron chi connectivity index (χ2n) is 5.60. The third kappa shape index (κ3) is 6.58. The molecule has 1 N–H and O–H groups in total. The van der Waals surface area contributed by atoms with E-state index in [1.165, 1.54) is 6.07 Å². The van der Waals surface area contributed by atoms with Gasteiger partial charge in [0.05, 0.1) is 6.10 Å². The Hall–Kier alpha value is -1.09. The molecule has 1 rings (SSSR count). The van der Waals surface area contributed by atoms with Gasteiger partial charge < -0.3 is 10.1 Å². The van der Waals surface area contributed by atoms with Gasteiger partial charge in [0.1, 0.15) is 0 Å². The van der Waals surface area contributed by atoms with Gasteiger partial charge in [0.25, 0.3) is 0 Å². The number of benzene rings is 1. The first-order chi connectivity index (χ1) is 8.99. The Morgan fingerprint density at radius 3 is 2.68 bits per heavy atom. The van der Waals surface area contributed by atoms with Crippen LogP contribution in [0.2, 0.25) is 0 Å². The molecule has 1 atom stereocenters. The van der Waals surface area contributed by atoms with E-state index in [1.807, 2.05) is 13.8 Å². The molecule has 0 saturated heterocycles. The molecule has 0 aromatic heterocycles.